The molecule has 0 saturated carbocycles. The SMILES string of the molecule is COc1cc(C(=O)N2CCC3(CC2)CCN(C(=O)[C@H](Cc2cccs2)NC(C)=O)C3)cc(Cl)n1. The fourth-order valence-corrected chi connectivity index (χ4v) is 5.85. The predicted molar refractivity (Wildman–Crippen MR) is 130 cm³/mol. The van der Waals surface area contributed by atoms with Gasteiger partial charge < -0.3 is 19.9 Å². The molecule has 0 aromatic carbocycles. The third-order valence-electron chi connectivity index (χ3n) is 6.75. The third kappa shape index (κ3) is 5.52. The fourth-order valence-electron chi connectivity index (χ4n) is 4.89. The van der Waals surface area contributed by atoms with Crippen molar-refractivity contribution in [1.29, 1.82) is 0 Å². The van der Waals surface area contributed by atoms with Gasteiger partial charge in [0, 0.05) is 56.0 Å². The predicted octanol–water partition coefficient (Wildman–Crippen LogP) is 3.01. The number of rotatable bonds is 6. The molecule has 4 rings (SSSR count). The molecular weight excluding hydrogens is 476 g/mol. The van der Waals surface area contributed by atoms with Crippen LogP contribution in [0.4, 0.5) is 0 Å². The largest absolute Gasteiger partial charge is 0.481 e. The number of hydrogen-bond acceptors (Lipinski definition) is 6. The maximum absolute atomic E-state index is 13.3. The number of aromatic nitrogens is 1. The molecule has 0 aliphatic carbocycles. The molecule has 2 fully saturated rings. The van der Waals surface area contributed by atoms with E-state index in [2.05, 4.69) is 10.3 Å². The molecule has 3 amide bonds. The summed E-state index contributed by atoms with van der Waals surface area (Å²) in [7, 11) is 1.49. The number of ether oxygens (including phenoxy) is 1. The molecule has 1 atom stereocenters. The summed E-state index contributed by atoms with van der Waals surface area (Å²) in [5, 5.41) is 5.03. The van der Waals surface area contributed by atoms with Gasteiger partial charge in [0.2, 0.25) is 17.7 Å². The van der Waals surface area contributed by atoms with E-state index in [9.17, 15) is 14.4 Å². The molecule has 0 radical (unpaired) electrons. The highest BCUT2D eigenvalue weighted by molar-refractivity contribution is 7.09. The highest BCUT2D eigenvalue weighted by Crippen LogP contribution is 2.41. The van der Waals surface area contributed by atoms with Crippen LogP contribution in [-0.2, 0) is 16.0 Å². The first-order chi connectivity index (χ1) is 16.3. The topological polar surface area (TPSA) is 91.8 Å². The average molecular weight is 505 g/mol. The van der Waals surface area contributed by atoms with Crippen molar-refractivity contribution in [3.05, 3.63) is 45.2 Å². The zero-order valence-corrected chi connectivity index (χ0v) is 21.0. The van der Waals surface area contributed by atoms with Gasteiger partial charge in [-0.3, -0.25) is 14.4 Å². The molecule has 0 unspecified atom stereocenters. The van der Waals surface area contributed by atoms with Gasteiger partial charge in [-0.1, -0.05) is 17.7 Å². The lowest BCUT2D eigenvalue weighted by Gasteiger charge is -2.39. The lowest BCUT2D eigenvalue weighted by atomic mass is 9.77. The number of amides is 3. The van der Waals surface area contributed by atoms with Crippen LogP contribution in [0.1, 0.15) is 41.4 Å². The van der Waals surface area contributed by atoms with Gasteiger partial charge in [0.05, 0.1) is 7.11 Å². The van der Waals surface area contributed by atoms with Crippen LogP contribution >= 0.6 is 22.9 Å². The van der Waals surface area contributed by atoms with Crippen molar-refractivity contribution < 1.29 is 19.1 Å². The van der Waals surface area contributed by atoms with Gasteiger partial charge in [-0.05, 0) is 42.2 Å². The van der Waals surface area contributed by atoms with Crippen LogP contribution < -0.4 is 10.1 Å². The highest BCUT2D eigenvalue weighted by Gasteiger charge is 2.44. The molecule has 10 heteroatoms. The maximum Gasteiger partial charge on any atom is 0.254 e. The van der Waals surface area contributed by atoms with E-state index < -0.39 is 6.04 Å². The van der Waals surface area contributed by atoms with E-state index in [1.165, 1.54) is 14.0 Å². The molecule has 8 nitrogen and oxygen atoms in total. The number of pyridine rings is 1. The van der Waals surface area contributed by atoms with E-state index in [0.29, 0.717) is 44.0 Å². The Morgan fingerprint density at radius 2 is 1.91 bits per heavy atom. The minimum Gasteiger partial charge on any atom is -0.481 e. The summed E-state index contributed by atoms with van der Waals surface area (Å²) in [4.78, 5) is 46.9. The zero-order chi connectivity index (χ0) is 24.3. The second-order valence-corrected chi connectivity index (χ2v) is 10.5. The monoisotopic (exact) mass is 504 g/mol. The van der Waals surface area contributed by atoms with Crippen molar-refractivity contribution in [1.82, 2.24) is 20.1 Å². The molecular formula is C24H29ClN4O4S. The Labute approximate surface area is 208 Å². The van der Waals surface area contributed by atoms with E-state index in [4.69, 9.17) is 16.3 Å². The van der Waals surface area contributed by atoms with Crippen LogP contribution in [0.5, 0.6) is 5.88 Å². The van der Waals surface area contributed by atoms with E-state index in [-0.39, 0.29) is 28.3 Å². The van der Waals surface area contributed by atoms with Crippen LogP contribution in [0.15, 0.2) is 29.6 Å². The van der Waals surface area contributed by atoms with Crippen LogP contribution in [0.3, 0.4) is 0 Å². The summed E-state index contributed by atoms with van der Waals surface area (Å²) < 4.78 is 5.13. The van der Waals surface area contributed by atoms with Crippen molar-refractivity contribution in [3.63, 3.8) is 0 Å². The number of hydrogen-bond donors (Lipinski definition) is 1. The molecule has 0 bridgehead atoms. The molecule has 2 aliphatic rings. The van der Waals surface area contributed by atoms with Gasteiger partial charge in [0.25, 0.3) is 5.91 Å². The van der Waals surface area contributed by atoms with Gasteiger partial charge in [0.15, 0.2) is 0 Å². The minimum absolute atomic E-state index is 0.00369. The van der Waals surface area contributed by atoms with Crippen LogP contribution in [-0.4, -0.2) is 71.8 Å². The molecule has 34 heavy (non-hydrogen) atoms. The van der Waals surface area contributed by atoms with E-state index in [1.54, 1.807) is 23.5 Å². The highest BCUT2D eigenvalue weighted by atomic mass is 35.5. The van der Waals surface area contributed by atoms with E-state index in [0.717, 1.165) is 24.1 Å². The number of halogens is 1. The maximum atomic E-state index is 13.3. The lowest BCUT2D eigenvalue weighted by Crippen LogP contribution is -2.50. The quantitative estimate of drug-likeness (QED) is 0.610. The van der Waals surface area contributed by atoms with Crippen LogP contribution in [0, 0.1) is 5.41 Å². The Kier molecular flexibility index (Phi) is 7.42. The molecule has 2 aliphatic heterocycles. The first-order valence-electron chi connectivity index (χ1n) is 11.4. The number of methoxy groups -OCH3 is 1. The summed E-state index contributed by atoms with van der Waals surface area (Å²) in [6, 6.07) is 6.54. The van der Waals surface area contributed by atoms with Crippen molar-refractivity contribution in [2.75, 3.05) is 33.3 Å². The number of likely N-dealkylation sites (tertiary alicyclic amines) is 2. The summed E-state index contributed by atoms with van der Waals surface area (Å²) in [6.45, 7) is 4.01. The molecule has 2 saturated heterocycles. The summed E-state index contributed by atoms with van der Waals surface area (Å²) in [5.41, 5.74) is 0.465. The summed E-state index contributed by atoms with van der Waals surface area (Å²) >= 11 is 7.62. The average Bonchev–Trinajstić information content (AvgIpc) is 3.48. The number of carbonyl (C=O) groups is 3. The van der Waals surface area contributed by atoms with Crippen LogP contribution in [0.25, 0.3) is 0 Å². The third-order valence-corrected chi connectivity index (χ3v) is 7.84. The van der Waals surface area contributed by atoms with Crippen molar-refractivity contribution in [2.24, 2.45) is 5.41 Å². The van der Waals surface area contributed by atoms with E-state index >= 15 is 0 Å². The number of carbonyl (C=O) groups excluding carboxylic acids is 3. The van der Waals surface area contributed by atoms with Gasteiger partial charge in [-0.2, -0.15) is 0 Å². The van der Waals surface area contributed by atoms with Gasteiger partial charge in [0.1, 0.15) is 11.2 Å². The van der Waals surface area contributed by atoms with Crippen molar-refractivity contribution in [2.45, 2.75) is 38.6 Å². The molecule has 1 N–H and O–H groups in total. The Hall–Kier alpha value is -2.65. The molecule has 182 valence electrons. The first kappa shape index (κ1) is 24.5. The number of thiophene rings is 1. The Morgan fingerprint density at radius 3 is 2.53 bits per heavy atom. The second kappa shape index (κ2) is 10.3. The van der Waals surface area contributed by atoms with Gasteiger partial charge in [-0.25, -0.2) is 4.98 Å². The van der Waals surface area contributed by atoms with Crippen molar-refractivity contribution >= 4 is 40.7 Å². The number of nitrogens with one attached hydrogen (secondary N) is 1. The number of nitrogens with zero attached hydrogens (tertiary/aromatic N) is 3. The molecule has 2 aromatic rings. The Bertz CT molecular complexity index is 1050. The first-order valence-corrected chi connectivity index (χ1v) is 12.6. The molecule has 1 spiro atoms. The minimum atomic E-state index is -0.556. The fraction of sp³-hybridized carbons (Fsp3) is 0.500. The van der Waals surface area contributed by atoms with Crippen molar-refractivity contribution in [3.8, 4) is 5.88 Å². The Morgan fingerprint density at radius 1 is 1.21 bits per heavy atom. The summed E-state index contributed by atoms with van der Waals surface area (Å²) in [6.07, 6.45) is 3.06. The zero-order valence-electron chi connectivity index (χ0n) is 19.4. The smallest absolute Gasteiger partial charge is 0.254 e. The Balaban J connectivity index is 1.37. The van der Waals surface area contributed by atoms with Crippen LogP contribution in [0.2, 0.25) is 5.15 Å². The van der Waals surface area contributed by atoms with Gasteiger partial charge >= 0.3 is 0 Å². The lowest BCUT2D eigenvalue weighted by molar-refractivity contribution is -0.135. The number of piperidine rings is 1. The summed E-state index contributed by atoms with van der Waals surface area (Å²) in [5.74, 6) is -0.0171. The second-order valence-electron chi connectivity index (χ2n) is 9.06. The molecule has 4 heterocycles. The normalized spacial score (nSPS) is 18.1. The van der Waals surface area contributed by atoms with E-state index in [1.807, 2.05) is 27.3 Å². The standard InChI is InChI=1S/C24H29ClN4O4S/c1-16(30)26-19(14-18-4-3-11-34-18)23(32)29-10-7-24(15-29)5-8-28(9-6-24)22(31)17-12-20(25)27-21(13-17)33-2/h3-4,11-13,19H,5-10,14-15H2,1-2H3,(H,26,30)/t19-/m0/s1. The van der Waals surface area contributed by atoms with Gasteiger partial charge in [-0.15, -0.1) is 11.3 Å². The molecule has 2 aromatic heterocycles.